The highest BCUT2D eigenvalue weighted by atomic mass is 15.0. The van der Waals surface area contributed by atoms with Gasteiger partial charge in [-0.15, -0.1) is 0 Å². The highest BCUT2D eigenvalue weighted by molar-refractivity contribution is 6.15. The maximum absolute atomic E-state index is 2.55. The normalized spacial score (nSPS) is 14.4. The summed E-state index contributed by atoms with van der Waals surface area (Å²) in [7, 11) is 0. The van der Waals surface area contributed by atoms with Gasteiger partial charge < -0.3 is 9.13 Å². The fourth-order valence-corrected chi connectivity index (χ4v) is 15.8. The first-order chi connectivity index (χ1) is 41.7. The molecule has 0 spiro atoms. The second-order valence-corrected chi connectivity index (χ2v) is 22.9. The molecule has 2 aromatic heterocycles. The molecule has 2 heterocycles. The van der Waals surface area contributed by atoms with Crippen LogP contribution in [0.1, 0.15) is 89.7 Å². The maximum Gasteiger partial charge on any atom is 0.0702 e. The van der Waals surface area contributed by atoms with Crippen LogP contribution in [0.3, 0.4) is 0 Å². The highest BCUT2D eigenvalue weighted by Gasteiger charge is 2.45. The fourth-order valence-electron chi connectivity index (χ4n) is 15.8. The predicted molar refractivity (Wildman–Crippen MR) is 347 cm³/mol. The van der Waals surface area contributed by atoms with E-state index in [4.69, 9.17) is 0 Å². The lowest BCUT2D eigenvalue weighted by atomic mass is 9.59. The maximum atomic E-state index is 2.55. The molecule has 0 atom stereocenters. The third-order valence-electron chi connectivity index (χ3n) is 19.0. The molecule has 0 N–H and O–H groups in total. The standard InChI is InChI=1S/C82H56N2/c1-7-27-55(28-8-1)81(56-29-9-2-10-30-56,57-31-11-3-12-32-57)61-39-25-41-63(53-61)83-71-47-23-21-45-67(71)76-73(83)51-49-69-75-65-43-19-20-44-66(65)78(79(69)76)80-70(75)50-52-74-77(80)68-46-22-24-48-72(68)84(74)64-42-26-40-62(54-64)82(58-33-13-4-14-34-58,59-35-15-5-16-36-59)60-37-17-6-18-38-60/h1-54,75,78H. The lowest BCUT2D eigenvalue weighted by molar-refractivity contribution is 0.744. The molecule has 0 radical (unpaired) electrons. The molecular formula is C82H56N2. The van der Waals surface area contributed by atoms with Gasteiger partial charge in [-0.3, -0.25) is 0 Å². The number of rotatable bonds is 10. The second kappa shape index (κ2) is 19.0. The Hall–Kier alpha value is -10.5. The molecule has 394 valence electrons. The largest absolute Gasteiger partial charge is 0.309 e. The average molecular weight is 1070 g/mol. The van der Waals surface area contributed by atoms with Crippen molar-refractivity contribution in [3.8, 4) is 11.4 Å². The Morgan fingerprint density at radius 1 is 0.214 bits per heavy atom. The number of hydrogen-bond acceptors (Lipinski definition) is 0. The van der Waals surface area contributed by atoms with Gasteiger partial charge in [-0.2, -0.15) is 0 Å². The predicted octanol–water partition coefficient (Wildman–Crippen LogP) is 19.6. The lowest BCUT2D eigenvalue weighted by Gasteiger charge is -2.43. The third-order valence-corrected chi connectivity index (χ3v) is 19.0. The first-order valence-corrected chi connectivity index (χ1v) is 29.5. The van der Waals surface area contributed by atoms with Crippen LogP contribution in [-0.4, -0.2) is 9.13 Å². The molecule has 0 saturated carbocycles. The number of fused-ring (bicyclic) bond motifs is 6. The molecule has 13 aromatic carbocycles. The van der Waals surface area contributed by atoms with E-state index in [1.807, 2.05) is 0 Å². The molecule has 0 fully saturated rings. The van der Waals surface area contributed by atoms with Crippen molar-refractivity contribution in [1.82, 2.24) is 9.13 Å². The molecule has 18 rings (SSSR count). The van der Waals surface area contributed by atoms with Crippen molar-refractivity contribution < 1.29 is 0 Å². The van der Waals surface area contributed by atoms with Gasteiger partial charge in [0.1, 0.15) is 0 Å². The van der Waals surface area contributed by atoms with E-state index in [9.17, 15) is 0 Å². The van der Waals surface area contributed by atoms with E-state index in [0.29, 0.717) is 0 Å². The van der Waals surface area contributed by atoms with Crippen LogP contribution in [0.15, 0.2) is 328 Å². The quantitative estimate of drug-likeness (QED) is 0.121. The Kier molecular flexibility index (Phi) is 10.9. The van der Waals surface area contributed by atoms with Crippen LogP contribution in [0.5, 0.6) is 0 Å². The number of nitrogens with zero attached hydrogens (tertiary/aromatic N) is 2. The molecule has 2 heteroatoms. The minimum atomic E-state index is -0.592. The molecule has 84 heavy (non-hydrogen) atoms. The van der Waals surface area contributed by atoms with E-state index >= 15 is 0 Å². The van der Waals surface area contributed by atoms with Crippen LogP contribution in [-0.2, 0) is 10.8 Å². The summed E-state index contributed by atoms with van der Waals surface area (Å²) in [5, 5.41) is 5.20. The molecule has 0 saturated heterocycles. The van der Waals surface area contributed by atoms with E-state index in [0.717, 1.165) is 11.4 Å². The first kappa shape index (κ1) is 48.2. The van der Waals surface area contributed by atoms with Gasteiger partial charge in [0.15, 0.2) is 0 Å². The van der Waals surface area contributed by atoms with E-state index in [1.165, 1.54) is 122 Å². The Labute approximate surface area is 489 Å². The van der Waals surface area contributed by atoms with Crippen molar-refractivity contribution in [2.45, 2.75) is 22.7 Å². The molecule has 0 aliphatic heterocycles. The van der Waals surface area contributed by atoms with Crippen LogP contribution >= 0.6 is 0 Å². The zero-order valence-electron chi connectivity index (χ0n) is 46.2. The molecule has 2 nitrogen and oxygen atoms in total. The summed E-state index contributed by atoms with van der Waals surface area (Å²) in [6.07, 6.45) is 0. The summed E-state index contributed by atoms with van der Waals surface area (Å²) in [5.41, 5.74) is 24.2. The van der Waals surface area contributed by atoms with Gasteiger partial charge in [0.2, 0.25) is 0 Å². The van der Waals surface area contributed by atoms with Crippen molar-refractivity contribution >= 4 is 43.6 Å². The minimum Gasteiger partial charge on any atom is -0.309 e. The summed E-state index contributed by atoms with van der Waals surface area (Å²) in [5.74, 6) is 0.0379. The summed E-state index contributed by atoms with van der Waals surface area (Å²) >= 11 is 0. The number of benzene rings is 13. The number of hydrogen-bond donors (Lipinski definition) is 0. The Balaban J connectivity index is 0.902. The van der Waals surface area contributed by atoms with E-state index in [-0.39, 0.29) is 11.8 Å². The minimum absolute atomic E-state index is 0.0245. The van der Waals surface area contributed by atoms with Gasteiger partial charge in [-0.1, -0.05) is 279 Å². The number of para-hydroxylation sites is 2. The number of aromatic nitrogens is 2. The smallest absolute Gasteiger partial charge is 0.0702 e. The average Bonchev–Trinajstić information content (AvgIpc) is 1.37. The van der Waals surface area contributed by atoms with Gasteiger partial charge >= 0.3 is 0 Å². The summed E-state index contributed by atoms with van der Waals surface area (Å²) in [4.78, 5) is 0. The monoisotopic (exact) mass is 1070 g/mol. The SMILES string of the molecule is c1ccc(C(c2ccccc2)(c2ccccc2)c2cccc(-n3c4ccccc4c4c5c(ccc43)C3c4ccccc4C5c4c3ccc3c4c4ccccc4n3-c3cccc(C(c4ccccc4)(c4ccccc4)c4ccccc4)c3)c2)cc1. The third kappa shape index (κ3) is 6.80. The molecule has 3 aliphatic carbocycles. The zero-order chi connectivity index (χ0) is 55.3. The van der Waals surface area contributed by atoms with Crippen LogP contribution in [0, 0.1) is 0 Å². The summed E-state index contributed by atoms with van der Waals surface area (Å²) in [6.45, 7) is 0. The molecular weight excluding hydrogens is 1010 g/mol. The Morgan fingerprint density at radius 2 is 0.512 bits per heavy atom. The van der Waals surface area contributed by atoms with E-state index in [1.54, 1.807) is 0 Å². The Bertz CT molecular complexity index is 4510. The molecule has 2 bridgehead atoms. The molecule has 3 aliphatic rings. The lowest BCUT2D eigenvalue weighted by Crippen LogP contribution is -2.31. The van der Waals surface area contributed by atoms with Gasteiger partial charge in [0, 0.05) is 44.8 Å². The van der Waals surface area contributed by atoms with Gasteiger partial charge in [-0.25, -0.2) is 0 Å². The Morgan fingerprint density at radius 3 is 0.869 bits per heavy atom. The van der Waals surface area contributed by atoms with E-state index in [2.05, 4.69) is 337 Å². The van der Waals surface area contributed by atoms with Crippen molar-refractivity contribution in [3.05, 3.63) is 405 Å². The fraction of sp³-hybridized carbons (Fsp3) is 0.0488. The van der Waals surface area contributed by atoms with Gasteiger partial charge in [0.05, 0.1) is 32.9 Å². The van der Waals surface area contributed by atoms with Crippen molar-refractivity contribution in [1.29, 1.82) is 0 Å². The molecule has 0 unspecified atom stereocenters. The van der Waals surface area contributed by atoms with Crippen LogP contribution in [0.25, 0.3) is 55.0 Å². The summed E-state index contributed by atoms with van der Waals surface area (Å²) in [6, 6.07) is 123. The highest BCUT2D eigenvalue weighted by Crippen LogP contribution is 2.61. The van der Waals surface area contributed by atoms with Crippen LogP contribution in [0.4, 0.5) is 0 Å². The zero-order valence-corrected chi connectivity index (χ0v) is 46.2. The second-order valence-electron chi connectivity index (χ2n) is 22.9. The summed E-state index contributed by atoms with van der Waals surface area (Å²) < 4.78 is 5.10. The van der Waals surface area contributed by atoms with Gasteiger partial charge in [0.25, 0.3) is 0 Å². The topological polar surface area (TPSA) is 9.86 Å². The van der Waals surface area contributed by atoms with E-state index < -0.39 is 10.8 Å². The molecule has 15 aromatic rings. The van der Waals surface area contributed by atoms with Crippen LogP contribution < -0.4 is 0 Å². The first-order valence-electron chi connectivity index (χ1n) is 29.5. The van der Waals surface area contributed by atoms with Gasteiger partial charge in [-0.05, 0) is 126 Å². The van der Waals surface area contributed by atoms with Crippen LogP contribution in [0.2, 0.25) is 0 Å². The van der Waals surface area contributed by atoms with Crippen molar-refractivity contribution in [2.24, 2.45) is 0 Å². The molecule has 0 amide bonds. The van der Waals surface area contributed by atoms with Crippen molar-refractivity contribution in [3.63, 3.8) is 0 Å². The van der Waals surface area contributed by atoms with Crippen molar-refractivity contribution in [2.75, 3.05) is 0 Å².